The summed E-state index contributed by atoms with van der Waals surface area (Å²) in [6, 6.07) is 19.1. The maximum Gasteiger partial charge on any atom is 0.231 e. The van der Waals surface area contributed by atoms with Crippen LogP contribution in [0.5, 0.6) is 5.75 Å². The van der Waals surface area contributed by atoms with Crippen molar-refractivity contribution in [2.24, 2.45) is 10.2 Å². The number of benzene rings is 3. The van der Waals surface area contributed by atoms with Crippen molar-refractivity contribution in [1.29, 1.82) is 0 Å². The second-order valence-electron chi connectivity index (χ2n) is 4.82. The van der Waals surface area contributed by atoms with Gasteiger partial charge in [0.25, 0.3) is 0 Å². The van der Waals surface area contributed by atoms with Crippen LogP contribution < -0.4 is 0 Å². The fraction of sp³-hybridized carbons (Fsp3) is 0. The molecule has 0 aliphatic rings. The fourth-order valence-corrected chi connectivity index (χ4v) is 3.13. The summed E-state index contributed by atoms with van der Waals surface area (Å²) in [4.78, 5) is 4.41. The van der Waals surface area contributed by atoms with E-state index in [9.17, 15) is 5.11 Å². The molecule has 0 aliphatic heterocycles. The molecule has 3 aromatic carbocycles. The van der Waals surface area contributed by atoms with E-state index < -0.39 is 0 Å². The van der Waals surface area contributed by atoms with Crippen molar-refractivity contribution >= 4 is 43.1 Å². The Morgan fingerprint density at radius 1 is 0.864 bits per heavy atom. The predicted octanol–water partition coefficient (Wildman–Crippen LogP) is 5.57. The van der Waals surface area contributed by atoms with Gasteiger partial charge in [-0.05, 0) is 23.6 Å². The highest BCUT2D eigenvalue weighted by Crippen LogP contribution is 2.37. The second-order valence-corrected chi connectivity index (χ2v) is 5.83. The number of rotatable bonds is 2. The van der Waals surface area contributed by atoms with Gasteiger partial charge in [-0.25, -0.2) is 4.98 Å². The van der Waals surface area contributed by atoms with E-state index in [0.29, 0.717) is 10.8 Å². The van der Waals surface area contributed by atoms with Gasteiger partial charge in [0.1, 0.15) is 11.4 Å². The van der Waals surface area contributed by atoms with E-state index in [4.69, 9.17) is 0 Å². The van der Waals surface area contributed by atoms with Gasteiger partial charge >= 0.3 is 0 Å². The molecule has 1 N–H and O–H groups in total. The summed E-state index contributed by atoms with van der Waals surface area (Å²) in [6.45, 7) is 0. The van der Waals surface area contributed by atoms with Crippen molar-refractivity contribution < 1.29 is 5.11 Å². The van der Waals surface area contributed by atoms with E-state index in [1.807, 2.05) is 54.6 Å². The van der Waals surface area contributed by atoms with E-state index in [2.05, 4.69) is 15.2 Å². The van der Waals surface area contributed by atoms with Crippen molar-refractivity contribution in [1.82, 2.24) is 4.98 Å². The third-order valence-corrected chi connectivity index (χ3v) is 4.32. The van der Waals surface area contributed by atoms with Gasteiger partial charge in [0.2, 0.25) is 5.13 Å². The Bertz CT molecular complexity index is 974. The summed E-state index contributed by atoms with van der Waals surface area (Å²) in [6.07, 6.45) is 0. The molecule has 0 radical (unpaired) electrons. The normalized spacial score (nSPS) is 11.6. The van der Waals surface area contributed by atoms with Gasteiger partial charge in [0.15, 0.2) is 0 Å². The van der Waals surface area contributed by atoms with Gasteiger partial charge in [-0.3, -0.25) is 0 Å². The van der Waals surface area contributed by atoms with Crippen LogP contribution in [0.1, 0.15) is 0 Å². The lowest BCUT2D eigenvalue weighted by molar-refractivity contribution is 0.477. The zero-order valence-corrected chi connectivity index (χ0v) is 12.3. The van der Waals surface area contributed by atoms with Crippen LogP contribution in [0.15, 0.2) is 70.9 Å². The maximum atomic E-state index is 10.1. The first-order valence-corrected chi connectivity index (χ1v) is 7.61. The number of para-hydroxylation sites is 1. The average molecular weight is 305 g/mol. The number of azo groups is 1. The fourth-order valence-electron chi connectivity index (χ4n) is 2.34. The molecule has 0 bridgehead atoms. The molecular weight excluding hydrogens is 294 g/mol. The molecule has 0 aliphatic carbocycles. The van der Waals surface area contributed by atoms with E-state index in [1.54, 1.807) is 6.07 Å². The zero-order valence-electron chi connectivity index (χ0n) is 11.5. The SMILES string of the molecule is Oc1ccc2ccccc2c1/N=N/c1nc2ccccc2s1. The molecule has 4 aromatic rings. The lowest BCUT2D eigenvalue weighted by Gasteiger charge is -2.02. The van der Waals surface area contributed by atoms with Crippen LogP contribution >= 0.6 is 11.3 Å². The lowest BCUT2D eigenvalue weighted by atomic mass is 10.1. The quantitative estimate of drug-likeness (QED) is 0.492. The molecule has 1 aromatic heterocycles. The number of hydrogen-bond donors (Lipinski definition) is 1. The minimum absolute atomic E-state index is 0.114. The molecule has 0 saturated carbocycles. The third-order valence-electron chi connectivity index (χ3n) is 3.40. The first kappa shape index (κ1) is 12.9. The van der Waals surface area contributed by atoms with Crippen molar-refractivity contribution in [3.63, 3.8) is 0 Å². The summed E-state index contributed by atoms with van der Waals surface area (Å²) >= 11 is 1.47. The molecule has 0 saturated heterocycles. The highest BCUT2D eigenvalue weighted by atomic mass is 32.1. The van der Waals surface area contributed by atoms with E-state index >= 15 is 0 Å². The van der Waals surface area contributed by atoms with Gasteiger partial charge in [-0.15, -0.1) is 10.2 Å². The summed E-state index contributed by atoms with van der Waals surface area (Å²) in [7, 11) is 0. The molecule has 106 valence electrons. The monoisotopic (exact) mass is 305 g/mol. The zero-order chi connectivity index (χ0) is 14.9. The molecule has 0 amide bonds. The van der Waals surface area contributed by atoms with Crippen LogP contribution in [-0.4, -0.2) is 10.1 Å². The van der Waals surface area contributed by atoms with Gasteiger partial charge < -0.3 is 5.11 Å². The molecule has 0 fully saturated rings. The predicted molar refractivity (Wildman–Crippen MR) is 89.4 cm³/mol. The number of hydrogen-bond acceptors (Lipinski definition) is 5. The number of nitrogens with zero attached hydrogens (tertiary/aromatic N) is 3. The minimum Gasteiger partial charge on any atom is -0.506 e. The number of phenolic OH excluding ortho intramolecular Hbond substituents is 1. The molecule has 5 heteroatoms. The van der Waals surface area contributed by atoms with Gasteiger partial charge in [-0.2, -0.15) is 0 Å². The summed E-state index contributed by atoms with van der Waals surface area (Å²) < 4.78 is 1.07. The maximum absolute atomic E-state index is 10.1. The molecule has 0 spiro atoms. The number of aromatic nitrogens is 1. The molecule has 4 nitrogen and oxygen atoms in total. The second kappa shape index (κ2) is 5.20. The van der Waals surface area contributed by atoms with Crippen LogP contribution in [0.25, 0.3) is 21.0 Å². The highest BCUT2D eigenvalue weighted by Gasteiger charge is 2.07. The lowest BCUT2D eigenvalue weighted by Crippen LogP contribution is -1.74. The Balaban J connectivity index is 1.81. The van der Waals surface area contributed by atoms with E-state index in [0.717, 1.165) is 21.0 Å². The Morgan fingerprint density at radius 3 is 2.59 bits per heavy atom. The molecule has 4 rings (SSSR count). The Kier molecular flexibility index (Phi) is 3.05. The average Bonchev–Trinajstić information content (AvgIpc) is 2.97. The van der Waals surface area contributed by atoms with Gasteiger partial charge in [-0.1, -0.05) is 53.8 Å². The number of aromatic hydroxyl groups is 1. The van der Waals surface area contributed by atoms with Crippen LogP contribution in [-0.2, 0) is 0 Å². The summed E-state index contributed by atoms with van der Waals surface area (Å²) in [5, 5.41) is 20.9. The van der Waals surface area contributed by atoms with Crippen molar-refractivity contribution in [2.75, 3.05) is 0 Å². The Hall–Kier alpha value is -2.79. The standard InChI is InChI=1S/C17H11N3OS/c21-14-10-9-11-5-1-2-6-12(11)16(14)19-20-17-18-13-7-3-4-8-15(13)22-17/h1-10,21H/b20-19+. The van der Waals surface area contributed by atoms with E-state index in [1.165, 1.54) is 11.3 Å². The van der Waals surface area contributed by atoms with E-state index in [-0.39, 0.29) is 5.75 Å². The van der Waals surface area contributed by atoms with Crippen LogP contribution in [0.4, 0.5) is 10.8 Å². The Morgan fingerprint density at radius 2 is 1.68 bits per heavy atom. The molecule has 1 heterocycles. The molecule has 0 atom stereocenters. The third kappa shape index (κ3) is 2.21. The first-order valence-electron chi connectivity index (χ1n) is 6.79. The van der Waals surface area contributed by atoms with Crippen molar-refractivity contribution in [2.45, 2.75) is 0 Å². The largest absolute Gasteiger partial charge is 0.506 e. The van der Waals surface area contributed by atoms with Gasteiger partial charge in [0.05, 0.1) is 10.2 Å². The number of fused-ring (bicyclic) bond motifs is 2. The summed E-state index contributed by atoms with van der Waals surface area (Å²) in [5.74, 6) is 0.114. The van der Waals surface area contributed by atoms with Crippen molar-refractivity contribution in [3.05, 3.63) is 60.7 Å². The van der Waals surface area contributed by atoms with Crippen LogP contribution in [0.3, 0.4) is 0 Å². The van der Waals surface area contributed by atoms with Crippen LogP contribution in [0, 0.1) is 0 Å². The smallest absolute Gasteiger partial charge is 0.231 e. The van der Waals surface area contributed by atoms with Gasteiger partial charge in [0, 0.05) is 5.39 Å². The highest BCUT2D eigenvalue weighted by molar-refractivity contribution is 7.21. The number of phenols is 1. The first-order chi connectivity index (χ1) is 10.8. The minimum atomic E-state index is 0.114. The Labute approximate surface area is 130 Å². The summed E-state index contributed by atoms with van der Waals surface area (Å²) in [5.41, 5.74) is 1.38. The van der Waals surface area contributed by atoms with Crippen molar-refractivity contribution in [3.8, 4) is 5.75 Å². The number of thiazole rings is 1. The molecule has 0 unspecified atom stereocenters. The topological polar surface area (TPSA) is 57.8 Å². The van der Waals surface area contributed by atoms with Crippen LogP contribution in [0.2, 0.25) is 0 Å². The molecule has 22 heavy (non-hydrogen) atoms. The molecular formula is C17H11N3OS.